The lowest BCUT2D eigenvalue weighted by atomic mass is 10.1. The molecule has 0 heterocycles. The second kappa shape index (κ2) is 10.6. The lowest BCUT2D eigenvalue weighted by Gasteiger charge is -2.16. The lowest BCUT2D eigenvalue weighted by Crippen LogP contribution is -2.33. The van der Waals surface area contributed by atoms with E-state index in [0.717, 1.165) is 16.9 Å². The maximum Gasteiger partial charge on any atom is 0.125 e. The Morgan fingerprint density at radius 2 is 1.86 bits per heavy atom. The van der Waals surface area contributed by atoms with E-state index in [1.165, 1.54) is 0 Å². The van der Waals surface area contributed by atoms with Crippen LogP contribution in [0.3, 0.4) is 0 Å². The number of nitrogens with one attached hydrogen (secondary N) is 1. The minimum absolute atomic E-state index is 0.281. The Kier molecular flexibility index (Phi) is 9.01. The predicted octanol–water partition coefficient (Wildman–Crippen LogP) is 1.30. The van der Waals surface area contributed by atoms with E-state index in [0.29, 0.717) is 32.9 Å². The molecule has 0 fully saturated rings. The smallest absolute Gasteiger partial charge is 0.125 e. The molecular formula is C16H27NO4. The Morgan fingerprint density at radius 3 is 2.52 bits per heavy atom. The molecule has 1 unspecified atom stereocenters. The van der Waals surface area contributed by atoms with Gasteiger partial charge in [0.2, 0.25) is 0 Å². The van der Waals surface area contributed by atoms with E-state index in [4.69, 9.17) is 14.2 Å². The third-order valence-electron chi connectivity index (χ3n) is 3.06. The van der Waals surface area contributed by atoms with Crippen LogP contribution in [0, 0.1) is 13.8 Å². The molecular weight excluding hydrogens is 270 g/mol. The van der Waals surface area contributed by atoms with Crippen LogP contribution in [-0.4, -0.2) is 57.8 Å². The fourth-order valence-corrected chi connectivity index (χ4v) is 1.92. The van der Waals surface area contributed by atoms with E-state index in [1.807, 2.05) is 32.0 Å². The van der Waals surface area contributed by atoms with E-state index in [1.54, 1.807) is 7.11 Å². The molecule has 1 atom stereocenters. The molecule has 0 amide bonds. The van der Waals surface area contributed by atoms with Gasteiger partial charge in [0.25, 0.3) is 0 Å². The van der Waals surface area contributed by atoms with E-state index in [2.05, 4.69) is 5.32 Å². The SMILES string of the molecule is COCCOCCNCC(O)COc1c(C)cccc1C. The van der Waals surface area contributed by atoms with Crippen molar-refractivity contribution in [2.75, 3.05) is 46.6 Å². The number of benzene rings is 1. The fraction of sp³-hybridized carbons (Fsp3) is 0.625. The number of para-hydroxylation sites is 1. The number of ether oxygens (including phenoxy) is 3. The number of aliphatic hydroxyl groups is 1. The summed E-state index contributed by atoms with van der Waals surface area (Å²) in [5.74, 6) is 0.861. The van der Waals surface area contributed by atoms with Crippen molar-refractivity contribution in [1.29, 1.82) is 0 Å². The first-order valence-corrected chi connectivity index (χ1v) is 7.29. The predicted molar refractivity (Wildman–Crippen MR) is 83.0 cm³/mol. The number of methoxy groups -OCH3 is 1. The van der Waals surface area contributed by atoms with Crippen LogP contribution in [-0.2, 0) is 9.47 Å². The summed E-state index contributed by atoms with van der Waals surface area (Å²) >= 11 is 0. The van der Waals surface area contributed by atoms with Crippen LogP contribution < -0.4 is 10.1 Å². The average molecular weight is 297 g/mol. The molecule has 1 aromatic rings. The van der Waals surface area contributed by atoms with Crippen LogP contribution in [0.4, 0.5) is 0 Å². The normalized spacial score (nSPS) is 12.4. The van der Waals surface area contributed by atoms with Gasteiger partial charge in [0.15, 0.2) is 0 Å². The Balaban J connectivity index is 2.12. The zero-order valence-corrected chi connectivity index (χ0v) is 13.2. The molecule has 1 rings (SSSR count). The first-order valence-electron chi connectivity index (χ1n) is 7.29. The van der Waals surface area contributed by atoms with Gasteiger partial charge in [-0.05, 0) is 25.0 Å². The highest BCUT2D eigenvalue weighted by atomic mass is 16.5. The fourth-order valence-electron chi connectivity index (χ4n) is 1.92. The maximum atomic E-state index is 9.88. The third-order valence-corrected chi connectivity index (χ3v) is 3.06. The number of hydrogen-bond donors (Lipinski definition) is 2. The van der Waals surface area contributed by atoms with Gasteiger partial charge in [-0.3, -0.25) is 0 Å². The van der Waals surface area contributed by atoms with Gasteiger partial charge in [0.05, 0.1) is 19.8 Å². The first-order chi connectivity index (χ1) is 10.1. The van der Waals surface area contributed by atoms with Gasteiger partial charge < -0.3 is 24.6 Å². The van der Waals surface area contributed by atoms with Gasteiger partial charge in [-0.1, -0.05) is 18.2 Å². The van der Waals surface area contributed by atoms with Crippen molar-refractivity contribution in [2.45, 2.75) is 20.0 Å². The molecule has 5 nitrogen and oxygen atoms in total. The average Bonchev–Trinajstić information content (AvgIpc) is 2.46. The van der Waals surface area contributed by atoms with Gasteiger partial charge in [-0.2, -0.15) is 0 Å². The topological polar surface area (TPSA) is 60.0 Å². The van der Waals surface area contributed by atoms with E-state index >= 15 is 0 Å². The van der Waals surface area contributed by atoms with Crippen LogP contribution in [0.5, 0.6) is 5.75 Å². The molecule has 21 heavy (non-hydrogen) atoms. The summed E-state index contributed by atoms with van der Waals surface area (Å²) in [4.78, 5) is 0. The van der Waals surface area contributed by atoms with Gasteiger partial charge in [0, 0.05) is 20.2 Å². The van der Waals surface area contributed by atoms with Crippen molar-refractivity contribution in [3.05, 3.63) is 29.3 Å². The molecule has 0 aliphatic rings. The number of aliphatic hydroxyl groups excluding tert-OH is 1. The van der Waals surface area contributed by atoms with E-state index in [9.17, 15) is 5.11 Å². The van der Waals surface area contributed by atoms with Crippen molar-refractivity contribution in [3.8, 4) is 5.75 Å². The summed E-state index contributed by atoms with van der Waals surface area (Å²) in [6, 6.07) is 6.01. The second-order valence-electron chi connectivity index (χ2n) is 5.00. The Bertz CT molecular complexity index is 378. The highest BCUT2D eigenvalue weighted by molar-refractivity contribution is 5.39. The summed E-state index contributed by atoms with van der Waals surface area (Å²) in [7, 11) is 1.65. The Hall–Kier alpha value is -1.14. The molecule has 0 bridgehead atoms. The molecule has 0 aromatic heterocycles. The molecule has 1 aromatic carbocycles. The van der Waals surface area contributed by atoms with Crippen LogP contribution in [0.2, 0.25) is 0 Å². The zero-order valence-electron chi connectivity index (χ0n) is 13.2. The van der Waals surface area contributed by atoms with Crippen molar-refractivity contribution in [3.63, 3.8) is 0 Å². The zero-order chi connectivity index (χ0) is 15.5. The van der Waals surface area contributed by atoms with Crippen LogP contribution in [0.1, 0.15) is 11.1 Å². The van der Waals surface area contributed by atoms with Gasteiger partial charge in [-0.15, -0.1) is 0 Å². The van der Waals surface area contributed by atoms with Gasteiger partial charge in [0.1, 0.15) is 18.5 Å². The van der Waals surface area contributed by atoms with Crippen molar-refractivity contribution >= 4 is 0 Å². The van der Waals surface area contributed by atoms with Crippen LogP contribution >= 0.6 is 0 Å². The molecule has 5 heteroatoms. The number of aryl methyl sites for hydroxylation is 2. The number of rotatable bonds is 11. The van der Waals surface area contributed by atoms with Crippen molar-refractivity contribution in [1.82, 2.24) is 5.32 Å². The molecule has 0 saturated carbocycles. The minimum atomic E-state index is -0.539. The largest absolute Gasteiger partial charge is 0.490 e. The lowest BCUT2D eigenvalue weighted by molar-refractivity contribution is 0.0678. The molecule has 120 valence electrons. The Morgan fingerprint density at radius 1 is 1.14 bits per heavy atom. The molecule has 0 spiro atoms. The van der Waals surface area contributed by atoms with Crippen LogP contribution in [0.25, 0.3) is 0 Å². The van der Waals surface area contributed by atoms with Crippen LogP contribution in [0.15, 0.2) is 18.2 Å². The monoisotopic (exact) mass is 297 g/mol. The highest BCUT2D eigenvalue weighted by Gasteiger charge is 2.08. The van der Waals surface area contributed by atoms with Gasteiger partial charge >= 0.3 is 0 Å². The number of hydrogen-bond acceptors (Lipinski definition) is 5. The van der Waals surface area contributed by atoms with E-state index in [-0.39, 0.29) is 6.61 Å². The maximum absolute atomic E-state index is 9.88. The molecule has 0 saturated heterocycles. The molecule has 0 aliphatic carbocycles. The van der Waals surface area contributed by atoms with Crippen molar-refractivity contribution in [2.24, 2.45) is 0 Å². The summed E-state index contributed by atoms with van der Waals surface area (Å²) in [6.07, 6.45) is -0.539. The second-order valence-corrected chi connectivity index (χ2v) is 5.00. The first kappa shape index (κ1) is 17.9. The summed E-state index contributed by atoms with van der Waals surface area (Å²) in [5, 5.41) is 13.0. The Labute approximate surface area is 127 Å². The molecule has 0 aliphatic heterocycles. The van der Waals surface area contributed by atoms with Gasteiger partial charge in [-0.25, -0.2) is 0 Å². The summed E-state index contributed by atoms with van der Waals surface area (Å²) in [6.45, 7) is 7.27. The van der Waals surface area contributed by atoms with E-state index < -0.39 is 6.10 Å². The molecule has 2 N–H and O–H groups in total. The minimum Gasteiger partial charge on any atom is -0.490 e. The summed E-state index contributed by atoms with van der Waals surface area (Å²) < 4.78 is 15.9. The summed E-state index contributed by atoms with van der Waals surface area (Å²) in [5.41, 5.74) is 2.17. The highest BCUT2D eigenvalue weighted by Crippen LogP contribution is 2.22. The van der Waals surface area contributed by atoms with Crippen molar-refractivity contribution < 1.29 is 19.3 Å². The third kappa shape index (κ3) is 7.43. The standard InChI is InChI=1S/C16H27NO4/c1-13-5-4-6-14(2)16(13)21-12-15(18)11-17-7-8-20-10-9-19-3/h4-6,15,17-18H,7-12H2,1-3H3. The quantitative estimate of drug-likeness (QED) is 0.603. The molecule has 0 radical (unpaired) electrons.